The predicted molar refractivity (Wildman–Crippen MR) is 73.0 cm³/mol. The summed E-state index contributed by atoms with van der Waals surface area (Å²) < 4.78 is 1.14. The van der Waals surface area contributed by atoms with E-state index >= 15 is 0 Å². The van der Waals surface area contributed by atoms with E-state index in [1.807, 2.05) is 0 Å². The first kappa shape index (κ1) is 11.7. The van der Waals surface area contributed by atoms with E-state index in [1.165, 1.54) is 22.2 Å². The van der Waals surface area contributed by atoms with Gasteiger partial charge in [-0.1, -0.05) is 22.9 Å². The van der Waals surface area contributed by atoms with Crippen LogP contribution in [0.15, 0.2) is 22.7 Å². The molecule has 2 aromatic rings. The summed E-state index contributed by atoms with van der Waals surface area (Å²) in [5.74, 6) is 0. The standard InChI is InChI=1S/C13H17BrN2/c1-3-15-7-6-11-9(2)16-13-5-4-10(14)8-12(11)13/h4-5,8,15-16H,3,6-7H2,1-2H3. The first-order valence-electron chi connectivity index (χ1n) is 5.69. The molecule has 0 saturated heterocycles. The van der Waals surface area contributed by atoms with Crippen LogP contribution in [-0.2, 0) is 6.42 Å². The van der Waals surface area contributed by atoms with Gasteiger partial charge in [0, 0.05) is 21.1 Å². The molecule has 0 atom stereocenters. The maximum atomic E-state index is 3.53. The van der Waals surface area contributed by atoms with Crippen molar-refractivity contribution < 1.29 is 0 Å². The number of aromatic nitrogens is 1. The highest BCUT2D eigenvalue weighted by molar-refractivity contribution is 9.10. The van der Waals surface area contributed by atoms with Gasteiger partial charge in [-0.15, -0.1) is 0 Å². The van der Waals surface area contributed by atoms with Crippen LogP contribution in [0.1, 0.15) is 18.2 Å². The quantitative estimate of drug-likeness (QED) is 0.826. The number of rotatable bonds is 4. The van der Waals surface area contributed by atoms with Crippen molar-refractivity contribution in [1.29, 1.82) is 0 Å². The molecule has 0 aliphatic rings. The number of benzene rings is 1. The van der Waals surface area contributed by atoms with Gasteiger partial charge in [0.05, 0.1) is 0 Å². The largest absolute Gasteiger partial charge is 0.358 e. The molecule has 0 saturated carbocycles. The lowest BCUT2D eigenvalue weighted by Crippen LogP contribution is -2.16. The average molecular weight is 281 g/mol. The summed E-state index contributed by atoms with van der Waals surface area (Å²) in [6, 6.07) is 6.40. The van der Waals surface area contributed by atoms with E-state index in [0.29, 0.717) is 0 Å². The predicted octanol–water partition coefficient (Wildman–Crippen LogP) is 3.39. The van der Waals surface area contributed by atoms with Crippen molar-refractivity contribution in [2.75, 3.05) is 13.1 Å². The summed E-state index contributed by atoms with van der Waals surface area (Å²) in [6.07, 6.45) is 1.08. The number of H-pyrrole nitrogens is 1. The van der Waals surface area contributed by atoms with Gasteiger partial charge in [0.1, 0.15) is 0 Å². The molecule has 1 heterocycles. The molecular formula is C13H17BrN2. The van der Waals surface area contributed by atoms with Gasteiger partial charge in [0.25, 0.3) is 0 Å². The van der Waals surface area contributed by atoms with Crippen LogP contribution in [0.4, 0.5) is 0 Å². The van der Waals surface area contributed by atoms with Gasteiger partial charge in [-0.05, 0) is 50.2 Å². The third-order valence-electron chi connectivity index (χ3n) is 2.88. The minimum atomic E-state index is 1.03. The fourth-order valence-electron chi connectivity index (χ4n) is 2.07. The first-order chi connectivity index (χ1) is 7.72. The van der Waals surface area contributed by atoms with Crippen molar-refractivity contribution in [1.82, 2.24) is 10.3 Å². The molecule has 0 spiro atoms. The number of likely N-dealkylation sites (N-methyl/N-ethyl adjacent to an activating group) is 1. The Balaban J connectivity index is 2.34. The smallest absolute Gasteiger partial charge is 0.0459 e. The van der Waals surface area contributed by atoms with E-state index in [2.05, 4.69) is 58.3 Å². The normalized spacial score (nSPS) is 11.2. The van der Waals surface area contributed by atoms with Crippen molar-refractivity contribution in [2.24, 2.45) is 0 Å². The van der Waals surface area contributed by atoms with Gasteiger partial charge in [-0.2, -0.15) is 0 Å². The molecule has 0 aliphatic carbocycles. The van der Waals surface area contributed by atoms with Crippen LogP contribution in [0, 0.1) is 6.92 Å². The Labute approximate surface area is 105 Å². The molecule has 0 aliphatic heterocycles. The van der Waals surface area contributed by atoms with Gasteiger partial charge < -0.3 is 10.3 Å². The van der Waals surface area contributed by atoms with E-state index in [4.69, 9.17) is 0 Å². The van der Waals surface area contributed by atoms with Gasteiger partial charge >= 0.3 is 0 Å². The molecular weight excluding hydrogens is 264 g/mol. The number of aromatic amines is 1. The first-order valence-corrected chi connectivity index (χ1v) is 6.49. The molecule has 0 fully saturated rings. The zero-order valence-corrected chi connectivity index (χ0v) is 11.3. The Kier molecular flexibility index (Phi) is 3.66. The van der Waals surface area contributed by atoms with Gasteiger partial charge in [0.15, 0.2) is 0 Å². The second-order valence-corrected chi connectivity index (χ2v) is 4.94. The highest BCUT2D eigenvalue weighted by Crippen LogP contribution is 2.25. The summed E-state index contributed by atoms with van der Waals surface area (Å²) >= 11 is 3.53. The zero-order valence-electron chi connectivity index (χ0n) is 9.73. The summed E-state index contributed by atoms with van der Waals surface area (Å²) in [7, 11) is 0. The summed E-state index contributed by atoms with van der Waals surface area (Å²) in [5.41, 5.74) is 3.94. The molecule has 3 heteroatoms. The maximum Gasteiger partial charge on any atom is 0.0459 e. The summed E-state index contributed by atoms with van der Waals surface area (Å²) in [4.78, 5) is 3.43. The minimum Gasteiger partial charge on any atom is -0.358 e. The lowest BCUT2D eigenvalue weighted by Gasteiger charge is -2.02. The van der Waals surface area contributed by atoms with Gasteiger partial charge in [-0.25, -0.2) is 0 Å². The van der Waals surface area contributed by atoms with Crippen LogP contribution in [0.3, 0.4) is 0 Å². The fourth-order valence-corrected chi connectivity index (χ4v) is 2.43. The summed E-state index contributed by atoms with van der Waals surface area (Å²) in [5, 5.41) is 4.71. The highest BCUT2D eigenvalue weighted by atomic mass is 79.9. The Morgan fingerprint density at radius 3 is 2.94 bits per heavy atom. The van der Waals surface area contributed by atoms with Crippen LogP contribution in [0.2, 0.25) is 0 Å². The molecule has 1 aromatic heterocycles. The molecule has 2 N–H and O–H groups in total. The zero-order chi connectivity index (χ0) is 11.5. The van der Waals surface area contributed by atoms with Gasteiger partial charge in [-0.3, -0.25) is 0 Å². The SMILES string of the molecule is CCNCCc1c(C)[nH]c2ccc(Br)cc12. The maximum absolute atomic E-state index is 3.53. The third kappa shape index (κ3) is 2.30. The number of fused-ring (bicyclic) bond motifs is 1. The molecule has 86 valence electrons. The van der Waals surface area contributed by atoms with Crippen molar-refractivity contribution in [3.63, 3.8) is 0 Å². The topological polar surface area (TPSA) is 27.8 Å². The van der Waals surface area contributed by atoms with Crippen LogP contribution >= 0.6 is 15.9 Å². The highest BCUT2D eigenvalue weighted by Gasteiger charge is 2.07. The van der Waals surface area contributed by atoms with Crippen LogP contribution in [0.25, 0.3) is 10.9 Å². The molecule has 16 heavy (non-hydrogen) atoms. The van der Waals surface area contributed by atoms with Crippen molar-refractivity contribution in [2.45, 2.75) is 20.3 Å². The number of halogens is 1. The Bertz CT molecular complexity index is 488. The molecule has 1 aromatic carbocycles. The third-order valence-corrected chi connectivity index (χ3v) is 3.38. The minimum absolute atomic E-state index is 1.03. The fraction of sp³-hybridized carbons (Fsp3) is 0.385. The molecule has 0 amide bonds. The Morgan fingerprint density at radius 1 is 1.38 bits per heavy atom. The Hall–Kier alpha value is -0.800. The number of hydrogen-bond acceptors (Lipinski definition) is 1. The van der Waals surface area contributed by atoms with Crippen LogP contribution in [-0.4, -0.2) is 18.1 Å². The Morgan fingerprint density at radius 2 is 2.19 bits per heavy atom. The molecule has 2 nitrogen and oxygen atoms in total. The van der Waals surface area contributed by atoms with E-state index < -0.39 is 0 Å². The van der Waals surface area contributed by atoms with Crippen molar-refractivity contribution in [3.8, 4) is 0 Å². The lowest BCUT2D eigenvalue weighted by molar-refractivity contribution is 0.716. The summed E-state index contributed by atoms with van der Waals surface area (Å²) in [6.45, 7) is 6.36. The van der Waals surface area contributed by atoms with Crippen molar-refractivity contribution >= 4 is 26.8 Å². The molecule has 2 rings (SSSR count). The number of aryl methyl sites for hydroxylation is 1. The molecule has 0 bridgehead atoms. The monoisotopic (exact) mass is 280 g/mol. The molecule has 0 radical (unpaired) electrons. The van der Waals surface area contributed by atoms with E-state index in [1.54, 1.807) is 0 Å². The van der Waals surface area contributed by atoms with Crippen LogP contribution < -0.4 is 5.32 Å². The van der Waals surface area contributed by atoms with Crippen LogP contribution in [0.5, 0.6) is 0 Å². The van der Waals surface area contributed by atoms with Crippen molar-refractivity contribution in [3.05, 3.63) is 33.9 Å². The second kappa shape index (κ2) is 5.02. The molecule has 0 unspecified atom stereocenters. The van der Waals surface area contributed by atoms with E-state index in [9.17, 15) is 0 Å². The van der Waals surface area contributed by atoms with Gasteiger partial charge in [0.2, 0.25) is 0 Å². The lowest BCUT2D eigenvalue weighted by atomic mass is 10.1. The van der Waals surface area contributed by atoms with E-state index in [0.717, 1.165) is 24.0 Å². The number of hydrogen-bond donors (Lipinski definition) is 2. The second-order valence-electron chi connectivity index (χ2n) is 4.02. The van der Waals surface area contributed by atoms with E-state index in [-0.39, 0.29) is 0 Å². The number of nitrogens with one attached hydrogen (secondary N) is 2. The average Bonchev–Trinajstić information content (AvgIpc) is 2.56.